The van der Waals surface area contributed by atoms with E-state index in [0.717, 1.165) is 11.8 Å². The molecule has 0 aromatic rings. The Bertz CT molecular complexity index is 226. The van der Waals surface area contributed by atoms with Gasteiger partial charge in [0.25, 0.3) is 0 Å². The minimum Gasteiger partial charge on any atom is -0.396 e. The van der Waals surface area contributed by atoms with Crippen molar-refractivity contribution in [2.45, 2.75) is 79.6 Å². The van der Waals surface area contributed by atoms with Crippen molar-refractivity contribution in [3.63, 3.8) is 0 Å². The van der Waals surface area contributed by atoms with E-state index in [2.05, 4.69) is 34.6 Å². The smallest absolute Gasteiger partial charge is 0.0487 e. The fraction of sp³-hybridized carbons (Fsp3) is 1.00. The van der Waals surface area contributed by atoms with Crippen LogP contribution < -0.4 is 0 Å². The number of rotatable bonds is 5. The van der Waals surface area contributed by atoms with Crippen LogP contribution in [-0.2, 0) is 0 Å². The highest BCUT2D eigenvalue weighted by Crippen LogP contribution is 2.48. The van der Waals surface area contributed by atoms with E-state index >= 15 is 0 Å². The summed E-state index contributed by atoms with van der Waals surface area (Å²) < 4.78 is 0. The highest BCUT2D eigenvalue weighted by atomic mass is 16.3. The van der Waals surface area contributed by atoms with Crippen LogP contribution in [0.3, 0.4) is 0 Å². The van der Waals surface area contributed by atoms with Crippen LogP contribution in [0.2, 0.25) is 0 Å². The average Bonchev–Trinajstić information content (AvgIpc) is 2.35. The van der Waals surface area contributed by atoms with E-state index in [9.17, 15) is 5.11 Å². The summed E-state index contributed by atoms with van der Waals surface area (Å²) in [6.07, 6.45) is 8.87. The predicted octanol–water partition coefficient (Wildman–Crippen LogP) is 5.03. The molecular weight excluding hydrogens is 220 g/mol. The van der Waals surface area contributed by atoms with Crippen molar-refractivity contribution in [2.24, 2.45) is 22.7 Å². The van der Waals surface area contributed by atoms with E-state index in [0.29, 0.717) is 12.0 Å². The molecule has 1 rings (SSSR count). The molecule has 0 saturated heterocycles. The zero-order chi connectivity index (χ0) is 13.8. The van der Waals surface area contributed by atoms with Gasteiger partial charge in [0.1, 0.15) is 0 Å². The summed E-state index contributed by atoms with van der Waals surface area (Å²) in [5, 5.41) is 9.87. The van der Waals surface area contributed by atoms with Gasteiger partial charge < -0.3 is 5.11 Å². The van der Waals surface area contributed by atoms with Gasteiger partial charge >= 0.3 is 0 Å². The van der Waals surface area contributed by atoms with Gasteiger partial charge in [0, 0.05) is 6.61 Å². The molecule has 0 bridgehead atoms. The lowest BCUT2D eigenvalue weighted by molar-refractivity contribution is 0.0172. The van der Waals surface area contributed by atoms with Crippen LogP contribution >= 0.6 is 0 Å². The maximum absolute atomic E-state index is 9.87. The second-order valence-electron chi connectivity index (χ2n) is 7.69. The Morgan fingerprint density at radius 1 is 1.11 bits per heavy atom. The summed E-state index contributed by atoms with van der Waals surface area (Å²) in [4.78, 5) is 0. The van der Waals surface area contributed by atoms with E-state index in [-0.39, 0.29) is 5.41 Å². The highest BCUT2D eigenvalue weighted by molar-refractivity contribution is 4.90. The van der Waals surface area contributed by atoms with E-state index in [4.69, 9.17) is 0 Å². The first kappa shape index (κ1) is 16.0. The van der Waals surface area contributed by atoms with Gasteiger partial charge in [0.2, 0.25) is 0 Å². The van der Waals surface area contributed by atoms with Crippen LogP contribution in [0.15, 0.2) is 0 Å². The lowest BCUT2D eigenvalue weighted by Crippen LogP contribution is -2.36. The fourth-order valence-corrected chi connectivity index (χ4v) is 3.71. The molecule has 0 radical (unpaired) electrons. The standard InChI is InChI=1S/C17H34O/c1-6-14(7-2)12-17(13-18)10-8-15(9-11-17)16(3,4)5/h14-15,18H,6-13H2,1-5H3. The predicted molar refractivity (Wildman–Crippen MR) is 79.6 cm³/mol. The van der Waals surface area contributed by atoms with E-state index in [1.165, 1.54) is 44.9 Å². The van der Waals surface area contributed by atoms with Crippen LogP contribution in [0.5, 0.6) is 0 Å². The molecule has 0 aromatic carbocycles. The van der Waals surface area contributed by atoms with Crippen molar-refractivity contribution in [2.75, 3.05) is 6.61 Å². The molecule has 1 nitrogen and oxygen atoms in total. The molecule has 1 N–H and O–H groups in total. The summed E-state index contributed by atoms with van der Waals surface area (Å²) in [7, 11) is 0. The summed E-state index contributed by atoms with van der Waals surface area (Å²) in [6, 6.07) is 0. The zero-order valence-electron chi connectivity index (χ0n) is 13.3. The lowest BCUT2D eigenvalue weighted by Gasteiger charge is -2.44. The minimum absolute atomic E-state index is 0.248. The Kier molecular flexibility index (Phi) is 5.70. The van der Waals surface area contributed by atoms with Gasteiger partial charge in [-0.1, -0.05) is 47.5 Å². The largest absolute Gasteiger partial charge is 0.396 e. The average molecular weight is 254 g/mol. The number of hydrogen-bond donors (Lipinski definition) is 1. The maximum atomic E-state index is 9.87. The molecule has 1 saturated carbocycles. The molecule has 108 valence electrons. The van der Waals surface area contributed by atoms with Crippen molar-refractivity contribution in [1.82, 2.24) is 0 Å². The minimum atomic E-state index is 0.248. The van der Waals surface area contributed by atoms with Gasteiger partial charge in [0.15, 0.2) is 0 Å². The van der Waals surface area contributed by atoms with E-state index in [1.54, 1.807) is 0 Å². The van der Waals surface area contributed by atoms with E-state index < -0.39 is 0 Å². The van der Waals surface area contributed by atoms with Crippen molar-refractivity contribution in [1.29, 1.82) is 0 Å². The van der Waals surface area contributed by atoms with Crippen molar-refractivity contribution in [3.8, 4) is 0 Å². The Morgan fingerprint density at radius 2 is 1.61 bits per heavy atom. The van der Waals surface area contributed by atoms with Crippen LogP contribution in [0.4, 0.5) is 0 Å². The molecule has 0 spiro atoms. The molecule has 0 amide bonds. The summed E-state index contributed by atoms with van der Waals surface area (Å²) in [5.41, 5.74) is 0.689. The number of aliphatic hydroxyl groups is 1. The van der Waals surface area contributed by atoms with Crippen LogP contribution in [0.25, 0.3) is 0 Å². The summed E-state index contributed by atoms with van der Waals surface area (Å²) >= 11 is 0. The Morgan fingerprint density at radius 3 is 1.94 bits per heavy atom. The molecule has 0 atom stereocenters. The molecular formula is C17H34O. The summed E-state index contributed by atoms with van der Waals surface area (Å²) in [5.74, 6) is 1.65. The molecule has 0 heterocycles. The normalized spacial score (nSPS) is 29.8. The first-order valence-electron chi connectivity index (χ1n) is 7.97. The van der Waals surface area contributed by atoms with Gasteiger partial charge in [-0.3, -0.25) is 0 Å². The first-order valence-corrected chi connectivity index (χ1v) is 7.97. The fourth-order valence-electron chi connectivity index (χ4n) is 3.71. The molecule has 1 aliphatic carbocycles. The van der Waals surface area contributed by atoms with Crippen molar-refractivity contribution >= 4 is 0 Å². The third kappa shape index (κ3) is 3.98. The van der Waals surface area contributed by atoms with Crippen molar-refractivity contribution in [3.05, 3.63) is 0 Å². The van der Waals surface area contributed by atoms with Gasteiger partial charge in [-0.25, -0.2) is 0 Å². The third-order valence-corrected chi connectivity index (χ3v) is 5.48. The first-order chi connectivity index (χ1) is 8.37. The van der Waals surface area contributed by atoms with Crippen LogP contribution in [-0.4, -0.2) is 11.7 Å². The molecule has 1 aliphatic rings. The Labute approximate surface area is 114 Å². The monoisotopic (exact) mass is 254 g/mol. The van der Waals surface area contributed by atoms with Crippen LogP contribution in [0, 0.1) is 22.7 Å². The SMILES string of the molecule is CCC(CC)CC1(CO)CCC(C(C)(C)C)CC1. The van der Waals surface area contributed by atoms with Crippen LogP contribution in [0.1, 0.15) is 79.6 Å². The molecule has 1 fully saturated rings. The lowest BCUT2D eigenvalue weighted by atomic mass is 9.62. The quantitative estimate of drug-likeness (QED) is 0.729. The molecule has 18 heavy (non-hydrogen) atoms. The zero-order valence-corrected chi connectivity index (χ0v) is 13.3. The highest BCUT2D eigenvalue weighted by Gasteiger charge is 2.39. The molecule has 0 aromatic heterocycles. The second-order valence-corrected chi connectivity index (χ2v) is 7.69. The van der Waals surface area contributed by atoms with Gasteiger partial charge in [-0.15, -0.1) is 0 Å². The Balaban J connectivity index is 2.60. The van der Waals surface area contributed by atoms with Gasteiger partial charge in [0.05, 0.1) is 0 Å². The Hall–Kier alpha value is -0.0400. The third-order valence-electron chi connectivity index (χ3n) is 5.48. The number of aliphatic hydroxyl groups excluding tert-OH is 1. The molecule has 0 unspecified atom stereocenters. The van der Waals surface area contributed by atoms with E-state index in [1.807, 2.05) is 0 Å². The molecule has 1 heteroatoms. The number of hydrogen-bond acceptors (Lipinski definition) is 1. The van der Waals surface area contributed by atoms with Gasteiger partial charge in [-0.05, 0) is 54.8 Å². The van der Waals surface area contributed by atoms with Gasteiger partial charge in [-0.2, -0.15) is 0 Å². The maximum Gasteiger partial charge on any atom is 0.0487 e. The molecule has 0 aliphatic heterocycles. The second kappa shape index (κ2) is 6.41. The topological polar surface area (TPSA) is 20.2 Å². The summed E-state index contributed by atoms with van der Waals surface area (Å²) in [6.45, 7) is 12.1. The van der Waals surface area contributed by atoms with Crippen molar-refractivity contribution < 1.29 is 5.11 Å².